The number of carboxylic acids is 1. The number of aliphatic hydroxyl groups is 1. The largest absolute Gasteiger partial charge is 0.481 e. The first-order chi connectivity index (χ1) is 14.7. The van der Waals surface area contributed by atoms with Gasteiger partial charge in [-0.15, -0.1) is 18.3 Å². The van der Waals surface area contributed by atoms with Crippen LogP contribution >= 0.6 is 11.8 Å². The van der Waals surface area contributed by atoms with Crippen molar-refractivity contribution in [3.8, 4) is 0 Å². The molecule has 1 spiro atoms. The number of hydrogen-bond acceptors (Lipinski definition) is 5. The molecule has 3 heterocycles. The molecule has 2 bridgehead atoms. The molecule has 8 heteroatoms. The van der Waals surface area contributed by atoms with Gasteiger partial charge in [-0.05, 0) is 38.0 Å². The van der Waals surface area contributed by atoms with Crippen LogP contribution in [0.4, 0.5) is 0 Å². The number of carboxylic acid groups (broad SMARTS) is 1. The van der Waals surface area contributed by atoms with Crippen molar-refractivity contribution in [2.24, 2.45) is 23.2 Å². The van der Waals surface area contributed by atoms with E-state index in [1.807, 2.05) is 20.8 Å². The maximum atomic E-state index is 14.3. The number of nitrogens with zero attached hydrogens (tertiary/aromatic N) is 2. The molecule has 2 N–H and O–H groups in total. The highest BCUT2D eigenvalue weighted by Gasteiger charge is 2.76. The molecule has 0 aromatic heterocycles. The van der Waals surface area contributed by atoms with Crippen LogP contribution in [0.25, 0.3) is 0 Å². The molecule has 3 aliphatic rings. The Hall–Kier alpha value is -1.54. The minimum Gasteiger partial charge on any atom is -0.481 e. The van der Waals surface area contributed by atoms with Gasteiger partial charge in [0.25, 0.3) is 0 Å². The van der Waals surface area contributed by atoms with Crippen molar-refractivity contribution in [2.45, 2.75) is 76.0 Å². The van der Waals surface area contributed by atoms with Crippen LogP contribution in [-0.2, 0) is 14.4 Å². The first-order valence-electron chi connectivity index (χ1n) is 11.5. The molecule has 3 rings (SSSR count). The van der Waals surface area contributed by atoms with Crippen molar-refractivity contribution in [3.63, 3.8) is 0 Å². The summed E-state index contributed by atoms with van der Waals surface area (Å²) in [6, 6.07) is -0.791. The molecule has 0 aromatic carbocycles. The Morgan fingerprint density at radius 3 is 2.44 bits per heavy atom. The van der Waals surface area contributed by atoms with Gasteiger partial charge < -0.3 is 20.0 Å². The summed E-state index contributed by atoms with van der Waals surface area (Å²) in [5, 5.41) is 19.5. The number of fused-ring (bicyclic) bond motifs is 1. The second kappa shape index (κ2) is 8.35. The van der Waals surface area contributed by atoms with E-state index in [-0.39, 0.29) is 41.5 Å². The summed E-state index contributed by atoms with van der Waals surface area (Å²) in [7, 11) is 0. The number of carbonyl (C=O) groups excluding carboxylic acids is 2. The first-order valence-corrected chi connectivity index (χ1v) is 12.3. The molecule has 180 valence electrons. The average molecular weight is 467 g/mol. The lowest BCUT2D eigenvalue weighted by Crippen LogP contribution is -2.61. The third-order valence-electron chi connectivity index (χ3n) is 7.38. The van der Waals surface area contributed by atoms with E-state index in [9.17, 15) is 24.6 Å². The second-order valence-electron chi connectivity index (χ2n) is 11.4. The van der Waals surface area contributed by atoms with Gasteiger partial charge in [0.1, 0.15) is 6.04 Å². The number of aliphatic hydroxyl groups excluding tert-OH is 1. The Bertz CT molecular complexity index is 807. The quantitative estimate of drug-likeness (QED) is 0.534. The molecule has 3 unspecified atom stereocenters. The van der Waals surface area contributed by atoms with E-state index in [4.69, 9.17) is 0 Å². The van der Waals surface area contributed by atoms with E-state index >= 15 is 0 Å². The number of likely N-dealkylation sites (tertiary alicyclic amines) is 1. The van der Waals surface area contributed by atoms with Crippen molar-refractivity contribution in [1.29, 1.82) is 0 Å². The van der Waals surface area contributed by atoms with Gasteiger partial charge in [0.2, 0.25) is 11.8 Å². The zero-order chi connectivity index (χ0) is 24.2. The second-order valence-corrected chi connectivity index (χ2v) is 13.0. The number of carbonyl (C=O) groups is 3. The topological polar surface area (TPSA) is 98.2 Å². The van der Waals surface area contributed by atoms with Gasteiger partial charge in [-0.2, -0.15) is 0 Å². The van der Waals surface area contributed by atoms with Crippen LogP contribution < -0.4 is 0 Å². The molecule has 3 fully saturated rings. The average Bonchev–Trinajstić information content (AvgIpc) is 3.22. The van der Waals surface area contributed by atoms with Gasteiger partial charge in [0.15, 0.2) is 0 Å². The predicted molar refractivity (Wildman–Crippen MR) is 125 cm³/mol. The van der Waals surface area contributed by atoms with E-state index in [0.29, 0.717) is 13.0 Å². The summed E-state index contributed by atoms with van der Waals surface area (Å²) < 4.78 is -0.783. The van der Waals surface area contributed by atoms with Gasteiger partial charge in [-0.1, -0.05) is 33.8 Å². The van der Waals surface area contributed by atoms with Crippen molar-refractivity contribution < 1.29 is 24.6 Å². The summed E-state index contributed by atoms with van der Waals surface area (Å²) in [4.78, 5) is 43.2. The van der Waals surface area contributed by atoms with Gasteiger partial charge >= 0.3 is 5.97 Å². The predicted octanol–water partition coefficient (Wildman–Crippen LogP) is 2.63. The van der Waals surface area contributed by atoms with Crippen molar-refractivity contribution in [1.82, 2.24) is 9.80 Å². The maximum absolute atomic E-state index is 14.3. The number of amides is 2. The number of aliphatic carboxylic acids is 1. The molecule has 2 amide bonds. The van der Waals surface area contributed by atoms with Crippen LogP contribution in [0.1, 0.15) is 54.4 Å². The maximum Gasteiger partial charge on any atom is 0.308 e. The Labute approximate surface area is 195 Å². The monoisotopic (exact) mass is 466 g/mol. The van der Waals surface area contributed by atoms with Crippen LogP contribution in [0.5, 0.6) is 0 Å². The number of β-amino-alcohol motifs (C(OH)–C–C–N with tert-alkyl or cyclic N) is 1. The fourth-order valence-electron chi connectivity index (χ4n) is 6.73. The molecular weight excluding hydrogens is 428 g/mol. The Morgan fingerprint density at radius 2 is 1.94 bits per heavy atom. The summed E-state index contributed by atoms with van der Waals surface area (Å²) in [5.74, 6) is -2.96. The Balaban J connectivity index is 2.10. The molecule has 0 saturated carbocycles. The van der Waals surface area contributed by atoms with Gasteiger partial charge in [-0.3, -0.25) is 14.4 Å². The summed E-state index contributed by atoms with van der Waals surface area (Å²) in [5.41, 5.74) is -0.522. The number of thioether (sulfide) groups is 1. The molecule has 3 saturated heterocycles. The normalized spacial score (nSPS) is 34.0. The van der Waals surface area contributed by atoms with E-state index < -0.39 is 34.1 Å². The third kappa shape index (κ3) is 3.77. The van der Waals surface area contributed by atoms with E-state index in [1.54, 1.807) is 11.0 Å². The summed E-state index contributed by atoms with van der Waals surface area (Å²) in [6.07, 6.45) is 3.13. The van der Waals surface area contributed by atoms with Crippen molar-refractivity contribution in [3.05, 3.63) is 12.7 Å². The minimum atomic E-state index is -0.970. The molecular formula is C24H38N2O5S. The number of rotatable bonds is 8. The van der Waals surface area contributed by atoms with Crippen molar-refractivity contribution >= 4 is 29.5 Å². The van der Waals surface area contributed by atoms with E-state index in [0.717, 1.165) is 6.42 Å². The highest BCUT2D eigenvalue weighted by atomic mass is 32.2. The molecule has 6 atom stereocenters. The molecule has 7 nitrogen and oxygen atoms in total. The third-order valence-corrected chi connectivity index (χ3v) is 9.45. The summed E-state index contributed by atoms with van der Waals surface area (Å²) >= 11 is 1.52. The lowest BCUT2D eigenvalue weighted by atomic mass is 9.66. The van der Waals surface area contributed by atoms with Gasteiger partial charge in [0.05, 0.1) is 23.2 Å². The Kier molecular flexibility index (Phi) is 6.55. The number of hydrogen-bond donors (Lipinski definition) is 2. The zero-order valence-electron chi connectivity index (χ0n) is 20.1. The smallest absolute Gasteiger partial charge is 0.308 e. The van der Waals surface area contributed by atoms with Crippen LogP contribution in [0, 0.1) is 23.2 Å². The zero-order valence-corrected chi connectivity index (χ0v) is 20.9. The fourth-order valence-corrected chi connectivity index (χ4v) is 9.14. The highest BCUT2D eigenvalue weighted by Crippen LogP contribution is 2.68. The fraction of sp³-hybridized carbons (Fsp3) is 0.792. The highest BCUT2D eigenvalue weighted by molar-refractivity contribution is 8.02. The van der Waals surface area contributed by atoms with Crippen molar-refractivity contribution in [2.75, 3.05) is 19.7 Å². The van der Waals surface area contributed by atoms with Gasteiger partial charge in [0, 0.05) is 23.9 Å². The van der Waals surface area contributed by atoms with Crippen LogP contribution in [0.2, 0.25) is 0 Å². The molecule has 0 aliphatic carbocycles. The SMILES string of the molecule is C=CCN(C(=O)C1N(CCO)C(=O)[C@@H]2[C@@H](C(=O)O)[C@H]3CC(C)C12S3)C(C)(C)CC(C)(C)C. The van der Waals surface area contributed by atoms with E-state index in [1.165, 1.54) is 16.7 Å². The van der Waals surface area contributed by atoms with Crippen LogP contribution in [0.15, 0.2) is 12.7 Å². The van der Waals surface area contributed by atoms with E-state index in [2.05, 4.69) is 27.4 Å². The molecule has 0 radical (unpaired) electrons. The minimum absolute atomic E-state index is 0.0241. The summed E-state index contributed by atoms with van der Waals surface area (Å²) in [6.45, 7) is 16.4. The Morgan fingerprint density at radius 1 is 1.31 bits per heavy atom. The molecule has 0 aromatic rings. The van der Waals surface area contributed by atoms with Crippen LogP contribution in [-0.4, -0.2) is 79.1 Å². The standard InChI is InChI=1S/C24H38N2O5S/c1-8-9-26(23(6,7)13-22(3,4)5)20(29)18-24-14(2)12-15(32-24)16(21(30)31)17(24)19(28)25(18)10-11-27/h8,14-18,27H,1,9-13H2,2-7H3,(H,30,31)/t14?,15-,16+,17+,18?,24?/m1/s1. The first kappa shape index (κ1) is 25.1. The van der Waals surface area contributed by atoms with Crippen LogP contribution in [0.3, 0.4) is 0 Å². The lowest BCUT2D eigenvalue weighted by molar-refractivity contribution is -0.149. The lowest BCUT2D eigenvalue weighted by Gasteiger charge is -2.46. The molecule has 3 aliphatic heterocycles. The van der Waals surface area contributed by atoms with Gasteiger partial charge in [-0.25, -0.2) is 0 Å². The molecule has 32 heavy (non-hydrogen) atoms.